The van der Waals surface area contributed by atoms with Crippen molar-refractivity contribution in [1.82, 2.24) is 4.90 Å². The highest BCUT2D eigenvalue weighted by atomic mass is 15.1. The van der Waals surface area contributed by atoms with Crippen LogP contribution < -0.4 is 5.73 Å². The predicted molar refractivity (Wildman–Crippen MR) is 81.9 cm³/mol. The first kappa shape index (κ1) is 14.1. The van der Waals surface area contributed by atoms with Gasteiger partial charge in [-0.15, -0.1) is 0 Å². The van der Waals surface area contributed by atoms with Crippen LogP contribution in [0.15, 0.2) is 48.5 Å². The van der Waals surface area contributed by atoms with Crippen LogP contribution in [0.4, 0.5) is 5.69 Å². The van der Waals surface area contributed by atoms with Crippen molar-refractivity contribution in [2.24, 2.45) is 0 Å². The zero-order chi connectivity index (χ0) is 14.5. The predicted octanol–water partition coefficient (Wildman–Crippen LogP) is 3.33. The van der Waals surface area contributed by atoms with E-state index in [0.717, 1.165) is 23.4 Å². The average Bonchev–Trinajstić information content (AvgIpc) is 2.47. The Hall–Kier alpha value is -2.31. The molecular formula is C17H19N3. The lowest BCUT2D eigenvalue weighted by atomic mass is 10.0. The lowest BCUT2D eigenvalue weighted by Crippen LogP contribution is -2.22. The van der Waals surface area contributed by atoms with Crippen molar-refractivity contribution in [3.05, 3.63) is 65.2 Å². The number of hydrogen-bond donors (Lipinski definition) is 1. The normalized spacial score (nSPS) is 12.1. The molecule has 0 aromatic heterocycles. The van der Waals surface area contributed by atoms with Gasteiger partial charge in [0.05, 0.1) is 11.6 Å². The number of anilines is 1. The molecule has 2 aromatic carbocycles. The van der Waals surface area contributed by atoms with Crippen LogP contribution in [0.25, 0.3) is 0 Å². The summed E-state index contributed by atoms with van der Waals surface area (Å²) in [5, 5.41) is 9.14. The van der Waals surface area contributed by atoms with E-state index < -0.39 is 0 Å². The Morgan fingerprint density at radius 1 is 1.20 bits per heavy atom. The maximum Gasteiger partial charge on any atom is 0.0995 e. The Morgan fingerprint density at radius 3 is 2.65 bits per heavy atom. The third-order valence-corrected chi connectivity index (χ3v) is 3.61. The summed E-state index contributed by atoms with van der Waals surface area (Å²) in [5.74, 6) is 0. The molecule has 3 nitrogen and oxygen atoms in total. The van der Waals surface area contributed by atoms with E-state index in [2.05, 4.69) is 31.0 Å². The van der Waals surface area contributed by atoms with E-state index in [1.54, 1.807) is 0 Å². The summed E-state index contributed by atoms with van der Waals surface area (Å²) >= 11 is 0. The maximum absolute atomic E-state index is 9.14. The third kappa shape index (κ3) is 3.17. The molecule has 0 spiro atoms. The summed E-state index contributed by atoms with van der Waals surface area (Å²) < 4.78 is 0. The van der Waals surface area contributed by atoms with Crippen molar-refractivity contribution in [2.75, 3.05) is 12.8 Å². The van der Waals surface area contributed by atoms with Crippen LogP contribution in [0.2, 0.25) is 0 Å². The van der Waals surface area contributed by atoms with Gasteiger partial charge >= 0.3 is 0 Å². The minimum atomic E-state index is 0.241. The van der Waals surface area contributed by atoms with Crippen LogP contribution >= 0.6 is 0 Å². The zero-order valence-electron chi connectivity index (χ0n) is 11.9. The first-order chi connectivity index (χ1) is 9.61. The van der Waals surface area contributed by atoms with E-state index in [9.17, 15) is 0 Å². The van der Waals surface area contributed by atoms with Crippen molar-refractivity contribution < 1.29 is 0 Å². The van der Waals surface area contributed by atoms with Crippen LogP contribution in [0.1, 0.15) is 29.7 Å². The molecule has 0 amide bonds. The summed E-state index contributed by atoms with van der Waals surface area (Å²) in [7, 11) is 2.06. The molecular weight excluding hydrogens is 246 g/mol. The number of nitrogens with zero attached hydrogens (tertiary/aromatic N) is 2. The van der Waals surface area contributed by atoms with Crippen molar-refractivity contribution in [1.29, 1.82) is 5.26 Å². The first-order valence-corrected chi connectivity index (χ1v) is 6.65. The molecule has 1 atom stereocenters. The second-order valence-corrected chi connectivity index (χ2v) is 5.03. The molecule has 0 bridgehead atoms. The number of benzene rings is 2. The highest BCUT2D eigenvalue weighted by Gasteiger charge is 2.13. The van der Waals surface area contributed by atoms with Gasteiger partial charge < -0.3 is 5.73 Å². The number of nitrogens with two attached hydrogens (primary N) is 1. The lowest BCUT2D eigenvalue weighted by Gasteiger charge is -2.25. The molecule has 0 aliphatic carbocycles. The standard InChI is InChI=1S/C17H19N3/c1-13(14-8-5-9-17(19)10-14)20(2)12-16-7-4-3-6-15(16)11-18/h3-10,13H,12,19H2,1-2H3. The Labute approximate surface area is 120 Å². The fourth-order valence-electron chi connectivity index (χ4n) is 2.25. The number of nitrogen functional groups attached to an aromatic ring is 1. The van der Waals surface area contributed by atoms with E-state index >= 15 is 0 Å². The molecule has 1 unspecified atom stereocenters. The molecule has 3 heteroatoms. The molecule has 0 heterocycles. The fourth-order valence-corrected chi connectivity index (χ4v) is 2.25. The van der Waals surface area contributed by atoms with Gasteiger partial charge in [-0.1, -0.05) is 30.3 Å². The molecule has 0 aliphatic heterocycles. The van der Waals surface area contributed by atoms with Crippen molar-refractivity contribution >= 4 is 5.69 Å². The van der Waals surface area contributed by atoms with Gasteiger partial charge in [0.25, 0.3) is 0 Å². The van der Waals surface area contributed by atoms with Crippen LogP contribution in [0.5, 0.6) is 0 Å². The summed E-state index contributed by atoms with van der Waals surface area (Å²) in [4.78, 5) is 2.21. The largest absolute Gasteiger partial charge is 0.399 e. The van der Waals surface area contributed by atoms with E-state index in [4.69, 9.17) is 11.0 Å². The Balaban J connectivity index is 2.16. The monoisotopic (exact) mass is 265 g/mol. The number of hydrogen-bond acceptors (Lipinski definition) is 3. The fraction of sp³-hybridized carbons (Fsp3) is 0.235. The Morgan fingerprint density at radius 2 is 1.95 bits per heavy atom. The Kier molecular flexibility index (Phi) is 4.39. The quantitative estimate of drug-likeness (QED) is 0.863. The molecule has 0 fully saturated rings. The second kappa shape index (κ2) is 6.23. The molecule has 0 radical (unpaired) electrons. The van der Waals surface area contributed by atoms with Gasteiger partial charge in [0, 0.05) is 18.3 Å². The summed E-state index contributed by atoms with van der Waals surface area (Å²) in [5.41, 5.74) is 9.58. The van der Waals surface area contributed by atoms with Crippen LogP contribution in [0.3, 0.4) is 0 Å². The topological polar surface area (TPSA) is 53.0 Å². The number of nitriles is 1. The van der Waals surface area contributed by atoms with Gasteiger partial charge in [-0.05, 0) is 43.3 Å². The smallest absolute Gasteiger partial charge is 0.0995 e. The van der Waals surface area contributed by atoms with Crippen molar-refractivity contribution in [2.45, 2.75) is 19.5 Å². The number of rotatable bonds is 4. The highest BCUT2D eigenvalue weighted by molar-refractivity contribution is 5.42. The SMILES string of the molecule is CC(c1cccc(N)c1)N(C)Cc1ccccc1C#N. The van der Waals surface area contributed by atoms with Gasteiger partial charge in [-0.2, -0.15) is 5.26 Å². The summed E-state index contributed by atoms with van der Waals surface area (Å²) in [6.07, 6.45) is 0. The molecule has 0 aliphatic rings. The van der Waals surface area contributed by atoms with Crippen LogP contribution in [0, 0.1) is 11.3 Å². The highest BCUT2D eigenvalue weighted by Crippen LogP contribution is 2.23. The van der Waals surface area contributed by atoms with Gasteiger partial charge in [0.2, 0.25) is 0 Å². The maximum atomic E-state index is 9.14. The molecule has 2 rings (SSSR count). The summed E-state index contributed by atoms with van der Waals surface area (Å²) in [6, 6.07) is 18.1. The van der Waals surface area contributed by atoms with E-state index in [1.807, 2.05) is 42.5 Å². The molecule has 2 N–H and O–H groups in total. The zero-order valence-corrected chi connectivity index (χ0v) is 11.9. The van der Waals surface area contributed by atoms with E-state index in [-0.39, 0.29) is 6.04 Å². The van der Waals surface area contributed by atoms with Crippen LogP contribution in [-0.4, -0.2) is 11.9 Å². The Bertz CT molecular complexity index is 628. The molecule has 0 saturated carbocycles. The molecule has 20 heavy (non-hydrogen) atoms. The van der Waals surface area contributed by atoms with E-state index in [1.165, 1.54) is 5.56 Å². The van der Waals surface area contributed by atoms with Crippen molar-refractivity contribution in [3.8, 4) is 6.07 Å². The van der Waals surface area contributed by atoms with Gasteiger partial charge in [-0.3, -0.25) is 4.90 Å². The van der Waals surface area contributed by atoms with Crippen molar-refractivity contribution in [3.63, 3.8) is 0 Å². The minimum absolute atomic E-state index is 0.241. The van der Waals surface area contributed by atoms with Gasteiger partial charge in [0.15, 0.2) is 0 Å². The third-order valence-electron chi connectivity index (χ3n) is 3.61. The summed E-state index contributed by atoms with van der Waals surface area (Å²) in [6.45, 7) is 2.88. The molecule has 0 saturated heterocycles. The first-order valence-electron chi connectivity index (χ1n) is 6.65. The minimum Gasteiger partial charge on any atom is -0.399 e. The van der Waals surface area contributed by atoms with Gasteiger partial charge in [-0.25, -0.2) is 0 Å². The lowest BCUT2D eigenvalue weighted by molar-refractivity contribution is 0.253. The van der Waals surface area contributed by atoms with Crippen LogP contribution in [-0.2, 0) is 6.54 Å². The van der Waals surface area contributed by atoms with Gasteiger partial charge in [0.1, 0.15) is 0 Å². The molecule has 2 aromatic rings. The molecule has 102 valence electrons. The average molecular weight is 265 g/mol. The second-order valence-electron chi connectivity index (χ2n) is 5.03. The van der Waals surface area contributed by atoms with E-state index in [0.29, 0.717) is 0 Å².